The van der Waals surface area contributed by atoms with Crippen LogP contribution in [0.1, 0.15) is 19.4 Å². The highest BCUT2D eigenvalue weighted by Crippen LogP contribution is 2.13. The lowest BCUT2D eigenvalue weighted by molar-refractivity contribution is 0.242. The van der Waals surface area contributed by atoms with Crippen LogP contribution in [0.25, 0.3) is 0 Å². The van der Waals surface area contributed by atoms with Crippen molar-refractivity contribution in [3.8, 4) is 5.75 Å². The summed E-state index contributed by atoms with van der Waals surface area (Å²) in [4.78, 5) is 4.19. The van der Waals surface area contributed by atoms with Crippen LogP contribution in [0.2, 0.25) is 0 Å². The summed E-state index contributed by atoms with van der Waals surface area (Å²) in [5.74, 6) is 2.81. The number of benzene rings is 1. The topological polar surface area (TPSA) is 45.7 Å². The summed E-state index contributed by atoms with van der Waals surface area (Å²) in [7, 11) is 1.79. The largest absolute Gasteiger partial charge is 0.491 e. The molecule has 0 bridgehead atoms. The first-order valence-electron chi connectivity index (χ1n) is 6.84. The molecule has 0 spiro atoms. The molecule has 0 unspecified atom stereocenters. The first-order chi connectivity index (χ1) is 9.65. The molecule has 6 heteroatoms. The van der Waals surface area contributed by atoms with E-state index >= 15 is 0 Å². The Morgan fingerprint density at radius 3 is 2.43 bits per heavy atom. The molecule has 0 amide bonds. The number of nitrogens with one attached hydrogen (secondary N) is 2. The van der Waals surface area contributed by atoms with Crippen LogP contribution >= 0.6 is 35.7 Å². The summed E-state index contributed by atoms with van der Waals surface area (Å²) in [5.41, 5.74) is 1.20. The highest BCUT2D eigenvalue weighted by atomic mass is 127. The second kappa shape index (κ2) is 12.0. The van der Waals surface area contributed by atoms with Gasteiger partial charge in [-0.05, 0) is 37.8 Å². The van der Waals surface area contributed by atoms with Crippen molar-refractivity contribution in [2.75, 3.05) is 25.6 Å². The minimum Gasteiger partial charge on any atom is -0.491 e. The molecular weight excluding hydrogens is 397 g/mol. The Hall–Kier alpha value is -0.630. The first kappa shape index (κ1) is 20.4. The van der Waals surface area contributed by atoms with Crippen molar-refractivity contribution in [3.63, 3.8) is 0 Å². The molecule has 21 heavy (non-hydrogen) atoms. The number of guanidine groups is 1. The average molecular weight is 423 g/mol. The fourth-order valence-electron chi connectivity index (χ4n) is 1.64. The van der Waals surface area contributed by atoms with Crippen LogP contribution < -0.4 is 15.4 Å². The first-order valence-corrected chi connectivity index (χ1v) is 8.24. The lowest BCUT2D eigenvalue weighted by Crippen LogP contribution is -2.37. The Kier molecular flexibility index (Phi) is 11.6. The zero-order chi connectivity index (χ0) is 14.8. The molecule has 1 aromatic rings. The van der Waals surface area contributed by atoms with Crippen LogP contribution in [0.3, 0.4) is 0 Å². The van der Waals surface area contributed by atoms with Gasteiger partial charge in [-0.2, -0.15) is 11.8 Å². The zero-order valence-corrected chi connectivity index (χ0v) is 16.3. The van der Waals surface area contributed by atoms with Gasteiger partial charge in [0.1, 0.15) is 5.75 Å². The van der Waals surface area contributed by atoms with Crippen LogP contribution in [0.4, 0.5) is 0 Å². The molecule has 0 fully saturated rings. The number of ether oxygens (including phenoxy) is 1. The SMILES string of the molecule is CN=C(NCCSC)NCc1ccc(OC(C)C)cc1.I. The molecule has 2 N–H and O–H groups in total. The van der Waals surface area contributed by atoms with Crippen molar-refractivity contribution in [1.29, 1.82) is 0 Å². The molecule has 120 valence electrons. The van der Waals surface area contributed by atoms with Gasteiger partial charge in [-0.15, -0.1) is 24.0 Å². The monoisotopic (exact) mass is 423 g/mol. The summed E-state index contributed by atoms with van der Waals surface area (Å²) in [6.45, 7) is 5.72. The average Bonchev–Trinajstić information content (AvgIpc) is 2.43. The van der Waals surface area contributed by atoms with Crippen LogP contribution in [-0.4, -0.2) is 37.7 Å². The van der Waals surface area contributed by atoms with Gasteiger partial charge in [0, 0.05) is 25.9 Å². The van der Waals surface area contributed by atoms with Gasteiger partial charge in [0.2, 0.25) is 0 Å². The third kappa shape index (κ3) is 9.08. The van der Waals surface area contributed by atoms with Crippen molar-refractivity contribution < 1.29 is 4.74 Å². The van der Waals surface area contributed by atoms with Gasteiger partial charge in [-0.1, -0.05) is 12.1 Å². The van der Waals surface area contributed by atoms with E-state index in [0.29, 0.717) is 0 Å². The maximum absolute atomic E-state index is 5.62. The van der Waals surface area contributed by atoms with Gasteiger partial charge >= 0.3 is 0 Å². The Bertz CT molecular complexity index is 410. The van der Waals surface area contributed by atoms with E-state index in [9.17, 15) is 0 Å². The molecule has 4 nitrogen and oxygen atoms in total. The second-order valence-electron chi connectivity index (χ2n) is 4.66. The molecule has 0 aliphatic carbocycles. The molecule has 1 aromatic carbocycles. The molecule has 0 aromatic heterocycles. The van der Waals surface area contributed by atoms with Crippen molar-refractivity contribution in [1.82, 2.24) is 10.6 Å². The third-order valence-corrected chi connectivity index (χ3v) is 3.19. The maximum atomic E-state index is 5.62. The minimum absolute atomic E-state index is 0. The smallest absolute Gasteiger partial charge is 0.191 e. The number of nitrogens with zero attached hydrogens (tertiary/aromatic N) is 1. The van der Waals surface area contributed by atoms with E-state index in [1.165, 1.54) is 5.56 Å². The molecule has 0 radical (unpaired) electrons. The number of hydrogen-bond acceptors (Lipinski definition) is 3. The normalized spacial score (nSPS) is 11.0. The summed E-state index contributed by atoms with van der Waals surface area (Å²) in [5, 5.41) is 6.57. The van der Waals surface area contributed by atoms with E-state index in [1.807, 2.05) is 37.7 Å². The molecule has 0 saturated heterocycles. The fourth-order valence-corrected chi connectivity index (χ4v) is 1.94. The van der Waals surface area contributed by atoms with Crippen LogP contribution in [0, 0.1) is 0 Å². The van der Waals surface area contributed by atoms with Gasteiger partial charge < -0.3 is 15.4 Å². The fraction of sp³-hybridized carbons (Fsp3) is 0.533. The standard InChI is InChI=1S/C15H25N3OS.HI/c1-12(2)19-14-7-5-13(6-8-14)11-18-15(16-3)17-9-10-20-4;/h5-8,12H,9-11H2,1-4H3,(H2,16,17,18);1H. The highest BCUT2D eigenvalue weighted by molar-refractivity contribution is 14.0. The molecule has 0 atom stereocenters. The van der Waals surface area contributed by atoms with Crippen molar-refractivity contribution in [2.24, 2.45) is 4.99 Å². The van der Waals surface area contributed by atoms with E-state index in [1.54, 1.807) is 7.05 Å². The van der Waals surface area contributed by atoms with Crippen LogP contribution in [0.15, 0.2) is 29.3 Å². The predicted molar refractivity (Wildman–Crippen MR) is 104 cm³/mol. The summed E-state index contributed by atoms with van der Waals surface area (Å²) < 4.78 is 5.62. The highest BCUT2D eigenvalue weighted by Gasteiger charge is 2.00. The molecule has 0 aliphatic heterocycles. The second-order valence-corrected chi connectivity index (χ2v) is 5.64. The van der Waals surface area contributed by atoms with Crippen molar-refractivity contribution in [3.05, 3.63) is 29.8 Å². The summed E-state index contributed by atoms with van der Waals surface area (Å²) in [6.07, 6.45) is 2.30. The Balaban J connectivity index is 0.00000400. The van der Waals surface area contributed by atoms with Crippen LogP contribution in [-0.2, 0) is 6.54 Å². The van der Waals surface area contributed by atoms with E-state index in [2.05, 4.69) is 34.0 Å². The van der Waals surface area contributed by atoms with Gasteiger partial charge in [-0.3, -0.25) is 4.99 Å². The van der Waals surface area contributed by atoms with E-state index in [-0.39, 0.29) is 30.1 Å². The van der Waals surface area contributed by atoms with Gasteiger partial charge in [-0.25, -0.2) is 0 Å². The van der Waals surface area contributed by atoms with E-state index < -0.39 is 0 Å². The molecule has 0 aliphatic rings. The number of hydrogen-bond donors (Lipinski definition) is 2. The van der Waals surface area contributed by atoms with Gasteiger partial charge in [0.05, 0.1) is 6.10 Å². The third-order valence-electron chi connectivity index (χ3n) is 2.58. The molecule has 0 saturated carbocycles. The quantitative estimate of drug-likeness (QED) is 0.306. The summed E-state index contributed by atoms with van der Waals surface area (Å²) >= 11 is 1.82. The van der Waals surface area contributed by atoms with Crippen molar-refractivity contribution in [2.45, 2.75) is 26.5 Å². The number of rotatable bonds is 7. The van der Waals surface area contributed by atoms with Crippen LogP contribution in [0.5, 0.6) is 5.75 Å². The predicted octanol–water partition coefficient (Wildman–Crippen LogP) is 3.12. The molecule has 0 heterocycles. The van der Waals surface area contributed by atoms with E-state index in [0.717, 1.165) is 30.6 Å². The lowest BCUT2D eigenvalue weighted by atomic mass is 10.2. The molecule has 1 rings (SSSR count). The Morgan fingerprint density at radius 1 is 1.24 bits per heavy atom. The number of halogens is 1. The van der Waals surface area contributed by atoms with Gasteiger partial charge in [0.25, 0.3) is 0 Å². The molecular formula is C15H26IN3OS. The number of thioether (sulfide) groups is 1. The summed E-state index contributed by atoms with van der Waals surface area (Å²) in [6, 6.07) is 8.14. The Morgan fingerprint density at radius 2 is 1.90 bits per heavy atom. The Labute approximate surface area is 149 Å². The maximum Gasteiger partial charge on any atom is 0.191 e. The lowest BCUT2D eigenvalue weighted by Gasteiger charge is -2.12. The zero-order valence-electron chi connectivity index (χ0n) is 13.2. The van der Waals surface area contributed by atoms with Gasteiger partial charge in [0.15, 0.2) is 5.96 Å². The van der Waals surface area contributed by atoms with E-state index in [4.69, 9.17) is 4.74 Å². The number of aliphatic imine (C=N–C) groups is 1. The van der Waals surface area contributed by atoms with Crippen molar-refractivity contribution >= 4 is 41.7 Å². The minimum atomic E-state index is 0.